The van der Waals surface area contributed by atoms with Crippen LogP contribution in [0.5, 0.6) is 5.75 Å². The SMILES string of the molecule is CCCS(=O)(=O)Nc1cccc(NC(=O)COc2cccc(C(C)C)c2)c1C. The fourth-order valence-corrected chi connectivity index (χ4v) is 3.86. The van der Waals surface area contributed by atoms with E-state index in [9.17, 15) is 13.2 Å². The Balaban J connectivity index is 2.02. The van der Waals surface area contributed by atoms with Crippen molar-refractivity contribution >= 4 is 27.3 Å². The lowest BCUT2D eigenvalue weighted by Crippen LogP contribution is -2.21. The number of sulfonamides is 1. The Hall–Kier alpha value is -2.54. The molecule has 1 amide bonds. The van der Waals surface area contributed by atoms with Gasteiger partial charge < -0.3 is 10.1 Å². The molecule has 2 aromatic carbocycles. The quantitative estimate of drug-likeness (QED) is 0.653. The van der Waals surface area contributed by atoms with Gasteiger partial charge in [0.05, 0.1) is 11.4 Å². The molecule has 0 aromatic heterocycles. The highest BCUT2D eigenvalue weighted by Crippen LogP contribution is 2.25. The van der Waals surface area contributed by atoms with Gasteiger partial charge in [0.1, 0.15) is 5.75 Å². The van der Waals surface area contributed by atoms with E-state index in [0.29, 0.717) is 35.0 Å². The Kier molecular flexibility index (Phi) is 7.45. The van der Waals surface area contributed by atoms with E-state index in [1.165, 1.54) is 0 Å². The molecular formula is C21H28N2O4S. The molecule has 0 aliphatic heterocycles. The highest BCUT2D eigenvalue weighted by Gasteiger charge is 2.13. The van der Waals surface area contributed by atoms with Crippen LogP contribution in [0.3, 0.4) is 0 Å². The number of carbonyl (C=O) groups excluding carboxylic acids is 1. The molecule has 2 N–H and O–H groups in total. The molecule has 0 radical (unpaired) electrons. The average molecular weight is 405 g/mol. The molecule has 152 valence electrons. The van der Waals surface area contributed by atoms with Crippen LogP contribution in [0.15, 0.2) is 42.5 Å². The Bertz CT molecular complexity index is 924. The predicted octanol–water partition coefficient (Wildman–Crippen LogP) is 4.29. The van der Waals surface area contributed by atoms with E-state index in [2.05, 4.69) is 23.9 Å². The highest BCUT2D eigenvalue weighted by atomic mass is 32.2. The maximum Gasteiger partial charge on any atom is 0.262 e. The number of amides is 1. The second-order valence-corrected chi connectivity index (χ2v) is 8.80. The molecule has 0 heterocycles. The minimum atomic E-state index is -3.40. The third-order valence-corrected chi connectivity index (χ3v) is 5.72. The maximum absolute atomic E-state index is 12.3. The van der Waals surface area contributed by atoms with Crippen molar-refractivity contribution in [3.05, 3.63) is 53.6 Å². The van der Waals surface area contributed by atoms with Gasteiger partial charge in [-0.05, 0) is 54.7 Å². The Morgan fingerprint density at radius 2 is 1.79 bits per heavy atom. The summed E-state index contributed by atoms with van der Waals surface area (Å²) in [4.78, 5) is 12.3. The lowest BCUT2D eigenvalue weighted by molar-refractivity contribution is -0.118. The van der Waals surface area contributed by atoms with Gasteiger partial charge in [-0.2, -0.15) is 0 Å². The number of hydrogen-bond donors (Lipinski definition) is 2. The van der Waals surface area contributed by atoms with Crippen molar-refractivity contribution in [3.8, 4) is 5.75 Å². The summed E-state index contributed by atoms with van der Waals surface area (Å²) in [6.07, 6.45) is 0.528. The van der Waals surface area contributed by atoms with Gasteiger partial charge in [-0.15, -0.1) is 0 Å². The van der Waals surface area contributed by atoms with Crippen LogP contribution in [0, 0.1) is 6.92 Å². The second-order valence-electron chi connectivity index (χ2n) is 6.96. The molecular weight excluding hydrogens is 376 g/mol. The second kappa shape index (κ2) is 9.59. The van der Waals surface area contributed by atoms with Crippen LogP contribution in [0.25, 0.3) is 0 Å². The Morgan fingerprint density at radius 1 is 1.11 bits per heavy atom. The third kappa shape index (κ3) is 6.27. The normalized spacial score (nSPS) is 11.3. The van der Waals surface area contributed by atoms with Crippen molar-refractivity contribution in [3.63, 3.8) is 0 Å². The fourth-order valence-electron chi connectivity index (χ4n) is 2.67. The maximum atomic E-state index is 12.3. The van der Waals surface area contributed by atoms with Gasteiger partial charge >= 0.3 is 0 Å². The molecule has 2 rings (SSSR count). The molecule has 7 heteroatoms. The summed E-state index contributed by atoms with van der Waals surface area (Å²) in [5, 5.41) is 2.78. The predicted molar refractivity (Wildman–Crippen MR) is 114 cm³/mol. The van der Waals surface area contributed by atoms with Gasteiger partial charge in [0.15, 0.2) is 6.61 Å². The van der Waals surface area contributed by atoms with E-state index in [4.69, 9.17) is 4.74 Å². The average Bonchev–Trinajstić information content (AvgIpc) is 2.63. The molecule has 0 unspecified atom stereocenters. The summed E-state index contributed by atoms with van der Waals surface area (Å²) in [6, 6.07) is 12.8. The number of hydrogen-bond acceptors (Lipinski definition) is 4. The molecule has 0 fully saturated rings. The summed E-state index contributed by atoms with van der Waals surface area (Å²) < 4.78 is 32.2. The van der Waals surface area contributed by atoms with Crippen molar-refractivity contribution in [2.45, 2.75) is 40.0 Å². The van der Waals surface area contributed by atoms with E-state index in [1.807, 2.05) is 24.3 Å². The van der Waals surface area contributed by atoms with Crippen molar-refractivity contribution in [2.24, 2.45) is 0 Å². The van der Waals surface area contributed by atoms with Crippen LogP contribution in [-0.2, 0) is 14.8 Å². The van der Waals surface area contributed by atoms with Crippen LogP contribution in [-0.4, -0.2) is 26.7 Å². The van der Waals surface area contributed by atoms with Gasteiger partial charge in [-0.1, -0.05) is 39.0 Å². The van der Waals surface area contributed by atoms with Crippen LogP contribution in [0.2, 0.25) is 0 Å². The van der Waals surface area contributed by atoms with Crippen LogP contribution in [0.4, 0.5) is 11.4 Å². The minimum absolute atomic E-state index is 0.0479. The number of ether oxygens (including phenoxy) is 1. The lowest BCUT2D eigenvalue weighted by Gasteiger charge is -2.15. The van der Waals surface area contributed by atoms with Gasteiger partial charge in [0, 0.05) is 5.69 Å². The lowest BCUT2D eigenvalue weighted by atomic mass is 10.0. The minimum Gasteiger partial charge on any atom is -0.484 e. The summed E-state index contributed by atoms with van der Waals surface area (Å²) in [6.45, 7) is 7.62. The summed E-state index contributed by atoms with van der Waals surface area (Å²) >= 11 is 0. The first kappa shape index (κ1) is 21.8. The standard InChI is InChI=1S/C21H28N2O4S/c1-5-12-28(25,26)23-20-11-7-10-19(16(20)4)22-21(24)14-27-18-9-6-8-17(13-18)15(2)3/h6-11,13,15,23H,5,12,14H2,1-4H3,(H,22,24). The zero-order valence-electron chi connectivity index (χ0n) is 16.8. The van der Waals surface area contributed by atoms with Gasteiger partial charge in [-0.3, -0.25) is 9.52 Å². The number of nitrogens with one attached hydrogen (secondary N) is 2. The molecule has 0 aliphatic carbocycles. The van der Waals surface area contributed by atoms with Crippen molar-refractivity contribution in [1.29, 1.82) is 0 Å². The summed E-state index contributed by atoms with van der Waals surface area (Å²) in [5.41, 5.74) is 2.79. The summed E-state index contributed by atoms with van der Waals surface area (Å²) in [5.74, 6) is 0.747. The van der Waals surface area contributed by atoms with Crippen molar-refractivity contribution < 1.29 is 17.9 Å². The van der Waals surface area contributed by atoms with E-state index in [1.54, 1.807) is 32.0 Å². The molecule has 2 aromatic rings. The van der Waals surface area contributed by atoms with Gasteiger partial charge in [-0.25, -0.2) is 8.42 Å². The highest BCUT2D eigenvalue weighted by molar-refractivity contribution is 7.92. The number of anilines is 2. The molecule has 0 saturated carbocycles. The van der Waals surface area contributed by atoms with E-state index in [-0.39, 0.29) is 18.3 Å². The third-order valence-electron chi connectivity index (χ3n) is 4.24. The van der Waals surface area contributed by atoms with Crippen molar-refractivity contribution in [1.82, 2.24) is 0 Å². The number of carbonyl (C=O) groups is 1. The topological polar surface area (TPSA) is 84.5 Å². The fraction of sp³-hybridized carbons (Fsp3) is 0.381. The molecule has 28 heavy (non-hydrogen) atoms. The zero-order valence-corrected chi connectivity index (χ0v) is 17.6. The van der Waals surface area contributed by atoms with Crippen LogP contribution in [0.1, 0.15) is 44.2 Å². The van der Waals surface area contributed by atoms with E-state index in [0.717, 1.165) is 5.56 Å². The molecule has 0 bridgehead atoms. The van der Waals surface area contributed by atoms with Gasteiger partial charge in [0.2, 0.25) is 10.0 Å². The monoisotopic (exact) mass is 404 g/mol. The van der Waals surface area contributed by atoms with Crippen LogP contribution >= 0.6 is 0 Å². The molecule has 0 spiro atoms. The Morgan fingerprint density at radius 3 is 2.46 bits per heavy atom. The number of rotatable bonds is 9. The Labute approximate surface area is 167 Å². The van der Waals surface area contributed by atoms with Crippen molar-refractivity contribution in [2.75, 3.05) is 22.4 Å². The smallest absolute Gasteiger partial charge is 0.262 e. The largest absolute Gasteiger partial charge is 0.484 e. The first-order valence-electron chi connectivity index (χ1n) is 9.34. The molecule has 6 nitrogen and oxygen atoms in total. The first-order valence-corrected chi connectivity index (χ1v) is 11.0. The molecule has 0 atom stereocenters. The first-order chi connectivity index (χ1) is 13.2. The van der Waals surface area contributed by atoms with E-state index < -0.39 is 10.0 Å². The zero-order chi connectivity index (χ0) is 20.7. The molecule has 0 aliphatic rings. The number of benzene rings is 2. The van der Waals surface area contributed by atoms with Crippen LogP contribution < -0.4 is 14.8 Å². The van der Waals surface area contributed by atoms with E-state index >= 15 is 0 Å². The summed E-state index contributed by atoms with van der Waals surface area (Å²) in [7, 11) is -3.40. The van der Waals surface area contributed by atoms with Gasteiger partial charge in [0.25, 0.3) is 5.91 Å². The molecule has 0 saturated heterocycles.